The highest BCUT2D eigenvalue weighted by atomic mass is 16.5. The molecule has 5 heteroatoms. The molecule has 0 radical (unpaired) electrons. The lowest BCUT2D eigenvalue weighted by Crippen LogP contribution is -2.47. The maximum atomic E-state index is 13.1. The summed E-state index contributed by atoms with van der Waals surface area (Å²) in [5.74, 6) is -1.39. The molecule has 2 aromatic rings. The molecule has 0 aromatic heterocycles. The van der Waals surface area contributed by atoms with Gasteiger partial charge in [0, 0.05) is 10.8 Å². The smallest absolute Gasteiger partial charge is 0.326 e. The SMILES string of the molecule is CC1(C)[C@@]2(C(=O)Oc3ccc(-c4ccc(C#N)cc4)cc3)CC[C@@]1(C)C(=O)C2=O. The summed E-state index contributed by atoms with van der Waals surface area (Å²) in [6.07, 6.45) is 0.848. The van der Waals surface area contributed by atoms with Gasteiger partial charge in [-0.15, -0.1) is 0 Å². The van der Waals surface area contributed by atoms with Gasteiger partial charge in [-0.1, -0.05) is 45.0 Å². The van der Waals surface area contributed by atoms with Crippen LogP contribution in [-0.2, 0) is 14.4 Å². The van der Waals surface area contributed by atoms with Gasteiger partial charge >= 0.3 is 5.97 Å². The molecular formula is C24H21NO4. The Hall–Kier alpha value is -3.26. The predicted molar refractivity (Wildman–Crippen MR) is 106 cm³/mol. The molecule has 0 amide bonds. The monoisotopic (exact) mass is 387 g/mol. The molecule has 5 nitrogen and oxygen atoms in total. The van der Waals surface area contributed by atoms with Gasteiger partial charge in [-0.3, -0.25) is 14.4 Å². The number of carbonyl (C=O) groups excluding carboxylic acids is 3. The van der Waals surface area contributed by atoms with Crippen LogP contribution in [0.5, 0.6) is 5.75 Å². The number of hydrogen-bond acceptors (Lipinski definition) is 5. The van der Waals surface area contributed by atoms with Crippen LogP contribution >= 0.6 is 0 Å². The van der Waals surface area contributed by atoms with Crippen LogP contribution in [0, 0.1) is 27.6 Å². The molecule has 4 rings (SSSR count). The second kappa shape index (κ2) is 6.12. The second-order valence-corrected chi connectivity index (χ2v) is 8.62. The first-order chi connectivity index (χ1) is 13.7. The topological polar surface area (TPSA) is 84.2 Å². The highest BCUT2D eigenvalue weighted by molar-refractivity contribution is 6.48. The van der Waals surface area contributed by atoms with Crippen LogP contribution in [0.3, 0.4) is 0 Å². The normalized spacial score (nSPS) is 27.0. The van der Waals surface area contributed by atoms with E-state index in [1.54, 1.807) is 31.2 Å². The van der Waals surface area contributed by atoms with Crippen molar-refractivity contribution in [3.05, 3.63) is 54.1 Å². The molecule has 2 bridgehead atoms. The Balaban J connectivity index is 1.58. The zero-order valence-electron chi connectivity index (χ0n) is 16.6. The highest BCUT2D eigenvalue weighted by Crippen LogP contribution is 2.69. The molecule has 29 heavy (non-hydrogen) atoms. The fraction of sp³-hybridized carbons (Fsp3) is 0.333. The minimum Gasteiger partial charge on any atom is -0.426 e. The zero-order valence-corrected chi connectivity index (χ0v) is 16.6. The Morgan fingerprint density at radius 1 is 0.897 bits per heavy atom. The third-order valence-electron chi connectivity index (χ3n) is 7.30. The quantitative estimate of drug-likeness (QED) is 0.343. The summed E-state index contributed by atoms with van der Waals surface area (Å²) >= 11 is 0. The molecule has 0 heterocycles. The number of fused-ring (bicyclic) bond motifs is 2. The number of ketones is 2. The summed E-state index contributed by atoms with van der Waals surface area (Å²) in [6, 6.07) is 16.2. The number of Topliss-reactive ketones (excluding diaryl/α,β-unsaturated/α-hetero) is 2. The molecular weight excluding hydrogens is 366 g/mol. The summed E-state index contributed by atoms with van der Waals surface area (Å²) in [6.45, 7) is 5.41. The summed E-state index contributed by atoms with van der Waals surface area (Å²) < 4.78 is 5.59. The van der Waals surface area contributed by atoms with Crippen molar-refractivity contribution in [2.75, 3.05) is 0 Å². The summed E-state index contributed by atoms with van der Waals surface area (Å²) in [4.78, 5) is 38.4. The molecule has 2 aliphatic rings. The van der Waals surface area contributed by atoms with E-state index in [-0.39, 0.29) is 0 Å². The number of ether oxygens (including phenoxy) is 1. The van der Waals surface area contributed by atoms with Crippen molar-refractivity contribution in [2.24, 2.45) is 16.2 Å². The van der Waals surface area contributed by atoms with Crippen molar-refractivity contribution in [1.29, 1.82) is 5.26 Å². The predicted octanol–water partition coefficient (Wildman–Crippen LogP) is 4.10. The van der Waals surface area contributed by atoms with Crippen molar-refractivity contribution in [3.63, 3.8) is 0 Å². The average Bonchev–Trinajstić information content (AvgIpc) is 3.00. The fourth-order valence-corrected chi connectivity index (χ4v) is 4.87. The number of esters is 1. The Morgan fingerprint density at radius 2 is 1.45 bits per heavy atom. The number of carbonyl (C=O) groups is 3. The van der Waals surface area contributed by atoms with E-state index in [4.69, 9.17) is 10.00 Å². The lowest BCUT2D eigenvalue weighted by Gasteiger charge is -2.36. The Bertz CT molecular complexity index is 1080. The minimum absolute atomic E-state index is 0.332. The van der Waals surface area contributed by atoms with E-state index < -0.39 is 33.8 Å². The highest BCUT2D eigenvalue weighted by Gasteiger charge is 2.78. The van der Waals surface area contributed by atoms with Crippen molar-refractivity contribution in [3.8, 4) is 22.9 Å². The van der Waals surface area contributed by atoms with Crippen LogP contribution in [0.2, 0.25) is 0 Å². The first-order valence-corrected chi connectivity index (χ1v) is 9.59. The summed E-state index contributed by atoms with van der Waals surface area (Å²) in [7, 11) is 0. The molecule has 2 fully saturated rings. The molecule has 2 aromatic carbocycles. The number of rotatable bonds is 3. The summed E-state index contributed by atoms with van der Waals surface area (Å²) in [5.41, 5.74) is -0.584. The van der Waals surface area contributed by atoms with Crippen molar-refractivity contribution < 1.29 is 19.1 Å². The molecule has 0 saturated heterocycles. The van der Waals surface area contributed by atoms with Gasteiger partial charge in [-0.2, -0.15) is 5.26 Å². The first-order valence-electron chi connectivity index (χ1n) is 9.59. The standard InChI is InChI=1S/C24H21NO4/c1-22(2)23(3)12-13-24(22,20(27)19(23)26)21(28)29-18-10-8-17(9-11-18)16-6-4-15(14-25)5-7-16/h4-11H,12-13H2,1-3H3/t23-,24-/m0/s1. The van der Waals surface area contributed by atoms with Crippen LogP contribution in [0.15, 0.2) is 48.5 Å². The third kappa shape index (κ3) is 2.35. The van der Waals surface area contributed by atoms with Crippen LogP contribution in [0.1, 0.15) is 39.2 Å². The van der Waals surface area contributed by atoms with Gasteiger partial charge in [0.15, 0.2) is 0 Å². The molecule has 2 saturated carbocycles. The molecule has 2 aliphatic carbocycles. The van der Waals surface area contributed by atoms with Crippen LogP contribution < -0.4 is 4.74 Å². The second-order valence-electron chi connectivity index (χ2n) is 8.62. The van der Waals surface area contributed by atoms with E-state index in [0.717, 1.165) is 11.1 Å². The van der Waals surface area contributed by atoms with Gasteiger partial charge in [-0.25, -0.2) is 0 Å². The van der Waals surface area contributed by atoms with Gasteiger partial charge in [0.2, 0.25) is 11.6 Å². The molecule has 146 valence electrons. The van der Waals surface area contributed by atoms with E-state index in [9.17, 15) is 14.4 Å². The molecule has 0 spiro atoms. The van der Waals surface area contributed by atoms with E-state index in [1.807, 2.05) is 38.1 Å². The molecule has 2 atom stereocenters. The number of hydrogen-bond donors (Lipinski definition) is 0. The van der Waals surface area contributed by atoms with E-state index in [0.29, 0.717) is 24.2 Å². The minimum atomic E-state index is -1.41. The Kier molecular flexibility index (Phi) is 4.02. The van der Waals surface area contributed by atoms with Crippen molar-refractivity contribution in [1.82, 2.24) is 0 Å². The maximum absolute atomic E-state index is 13.1. The van der Waals surface area contributed by atoms with Crippen LogP contribution in [0.25, 0.3) is 11.1 Å². The van der Waals surface area contributed by atoms with Gasteiger partial charge in [0.1, 0.15) is 11.2 Å². The third-order valence-corrected chi connectivity index (χ3v) is 7.30. The first kappa shape index (κ1) is 19.1. The lowest BCUT2D eigenvalue weighted by molar-refractivity contribution is -0.157. The van der Waals surface area contributed by atoms with Crippen LogP contribution in [0.4, 0.5) is 0 Å². The Labute approximate surface area is 169 Å². The molecule has 0 N–H and O–H groups in total. The van der Waals surface area contributed by atoms with E-state index in [2.05, 4.69) is 6.07 Å². The van der Waals surface area contributed by atoms with Crippen molar-refractivity contribution >= 4 is 17.5 Å². The van der Waals surface area contributed by atoms with Gasteiger partial charge in [0.25, 0.3) is 0 Å². The van der Waals surface area contributed by atoms with E-state index >= 15 is 0 Å². The van der Waals surface area contributed by atoms with Crippen molar-refractivity contribution in [2.45, 2.75) is 33.6 Å². The Morgan fingerprint density at radius 3 is 1.93 bits per heavy atom. The average molecular weight is 387 g/mol. The number of nitriles is 1. The summed E-state index contributed by atoms with van der Waals surface area (Å²) in [5, 5.41) is 8.90. The zero-order chi connectivity index (χ0) is 21.0. The van der Waals surface area contributed by atoms with Gasteiger partial charge in [-0.05, 0) is 48.2 Å². The molecule has 0 unspecified atom stereocenters. The van der Waals surface area contributed by atoms with E-state index in [1.165, 1.54) is 0 Å². The van der Waals surface area contributed by atoms with Crippen LogP contribution in [-0.4, -0.2) is 17.5 Å². The largest absolute Gasteiger partial charge is 0.426 e. The van der Waals surface area contributed by atoms with Gasteiger partial charge < -0.3 is 4.74 Å². The number of benzene rings is 2. The molecule has 0 aliphatic heterocycles. The fourth-order valence-electron chi connectivity index (χ4n) is 4.87. The number of nitrogens with zero attached hydrogens (tertiary/aromatic N) is 1. The van der Waals surface area contributed by atoms with Gasteiger partial charge in [0.05, 0.1) is 11.6 Å². The maximum Gasteiger partial charge on any atom is 0.326 e. The lowest BCUT2D eigenvalue weighted by atomic mass is 9.65.